The van der Waals surface area contributed by atoms with Gasteiger partial charge in [0, 0.05) is 5.56 Å². The number of halogens is 6. The normalized spacial score (nSPS) is 10.9. The van der Waals surface area contributed by atoms with Gasteiger partial charge in [0.1, 0.15) is 11.4 Å². The van der Waals surface area contributed by atoms with Crippen molar-refractivity contribution in [2.45, 2.75) is 12.6 Å². The molecule has 0 bridgehead atoms. The second kappa shape index (κ2) is 4.57. The van der Waals surface area contributed by atoms with Crippen LogP contribution in [0.3, 0.4) is 0 Å². The fourth-order valence-electron chi connectivity index (χ4n) is 1.30. The van der Waals surface area contributed by atoms with Crippen molar-refractivity contribution in [3.05, 3.63) is 40.0 Å². The number of hydrogen-bond donors (Lipinski definition) is 0. The Labute approximate surface area is 96.9 Å². The van der Waals surface area contributed by atoms with Crippen LogP contribution in [0.15, 0.2) is 0 Å². The summed E-state index contributed by atoms with van der Waals surface area (Å²) in [6, 6.07) is 1.22. The van der Waals surface area contributed by atoms with Gasteiger partial charge in [-0.05, 0) is 0 Å². The molecule has 1 rings (SSSR count). The van der Waals surface area contributed by atoms with Crippen LogP contribution in [0.5, 0.6) is 0 Å². The fraction of sp³-hybridized carbons (Fsp3) is 0.200. The first-order chi connectivity index (χ1) is 8.25. The Hall–Kier alpha value is -2.22. The molecule has 0 N–H and O–H groups in total. The zero-order valence-electron chi connectivity index (χ0n) is 8.37. The summed E-state index contributed by atoms with van der Waals surface area (Å²) in [5.74, 6) is -6.19. The molecule has 0 amide bonds. The van der Waals surface area contributed by atoms with Crippen LogP contribution in [0, 0.1) is 35.4 Å². The van der Waals surface area contributed by atoms with Crippen LogP contribution in [0.25, 0.3) is 4.85 Å². The van der Waals surface area contributed by atoms with E-state index in [1.165, 1.54) is 6.07 Å². The third-order valence-corrected chi connectivity index (χ3v) is 2.04. The quantitative estimate of drug-likeness (QED) is 0.431. The van der Waals surface area contributed by atoms with Gasteiger partial charge in [0.05, 0.1) is 19.1 Å². The van der Waals surface area contributed by atoms with E-state index in [4.69, 9.17) is 11.8 Å². The molecule has 2 nitrogen and oxygen atoms in total. The highest BCUT2D eigenvalue weighted by molar-refractivity contribution is 5.58. The highest BCUT2D eigenvalue weighted by Crippen LogP contribution is 2.42. The van der Waals surface area contributed by atoms with Gasteiger partial charge in [-0.15, -0.1) is 0 Å². The Morgan fingerprint density at radius 2 is 1.67 bits per heavy atom. The molecule has 0 aliphatic heterocycles. The lowest BCUT2D eigenvalue weighted by Crippen LogP contribution is -2.13. The van der Waals surface area contributed by atoms with Crippen molar-refractivity contribution in [3.63, 3.8) is 0 Å². The molecule has 1 aromatic carbocycles. The van der Waals surface area contributed by atoms with Crippen molar-refractivity contribution < 1.29 is 26.3 Å². The van der Waals surface area contributed by atoms with Gasteiger partial charge in [-0.25, -0.2) is 18.0 Å². The Morgan fingerprint density at radius 1 is 1.11 bits per heavy atom. The predicted octanol–water partition coefficient (Wildman–Crippen LogP) is 3.74. The van der Waals surface area contributed by atoms with E-state index >= 15 is 0 Å². The second-order valence-corrected chi connectivity index (χ2v) is 3.09. The van der Waals surface area contributed by atoms with E-state index in [0.717, 1.165) is 0 Å². The topological polar surface area (TPSA) is 28.1 Å². The molecule has 0 radical (unpaired) electrons. The van der Waals surface area contributed by atoms with Crippen LogP contribution in [-0.4, -0.2) is 0 Å². The molecule has 0 aliphatic carbocycles. The summed E-state index contributed by atoms with van der Waals surface area (Å²) < 4.78 is 77.2. The summed E-state index contributed by atoms with van der Waals surface area (Å²) in [4.78, 5) is 2.15. The summed E-state index contributed by atoms with van der Waals surface area (Å²) in [5.41, 5.74) is -5.31. The van der Waals surface area contributed by atoms with Crippen LogP contribution in [0.4, 0.5) is 32.0 Å². The first kappa shape index (κ1) is 13.8. The van der Waals surface area contributed by atoms with E-state index in [0.29, 0.717) is 0 Å². The molecule has 1 aromatic rings. The highest BCUT2D eigenvalue weighted by Gasteiger charge is 2.41. The van der Waals surface area contributed by atoms with Crippen molar-refractivity contribution in [2.75, 3.05) is 0 Å². The zero-order valence-corrected chi connectivity index (χ0v) is 8.37. The number of hydrogen-bond acceptors (Lipinski definition) is 1. The lowest BCUT2D eigenvalue weighted by molar-refractivity contribution is -0.139. The molecule has 18 heavy (non-hydrogen) atoms. The van der Waals surface area contributed by atoms with Crippen molar-refractivity contribution in [1.29, 1.82) is 5.26 Å². The monoisotopic (exact) mass is 264 g/mol. The Kier molecular flexibility index (Phi) is 3.52. The highest BCUT2D eigenvalue weighted by atomic mass is 19.4. The Balaban J connectivity index is 3.82. The number of nitriles is 1. The van der Waals surface area contributed by atoms with Crippen LogP contribution in [0.1, 0.15) is 11.1 Å². The van der Waals surface area contributed by atoms with Crippen molar-refractivity contribution in [1.82, 2.24) is 0 Å². The summed E-state index contributed by atoms with van der Waals surface area (Å²) in [6.45, 7) is 6.36. The largest absolute Gasteiger partial charge is 0.410 e. The van der Waals surface area contributed by atoms with Gasteiger partial charge in [0.15, 0.2) is 11.6 Å². The van der Waals surface area contributed by atoms with E-state index < -0.39 is 46.9 Å². The third-order valence-electron chi connectivity index (χ3n) is 2.04. The van der Waals surface area contributed by atoms with Crippen molar-refractivity contribution >= 4 is 5.69 Å². The second-order valence-electron chi connectivity index (χ2n) is 3.09. The number of alkyl halides is 3. The summed E-state index contributed by atoms with van der Waals surface area (Å²) in [5, 5.41) is 8.23. The summed E-state index contributed by atoms with van der Waals surface area (Å²) in [6.07, 6.45) is -6.43. The first-order valence-electron chi connectivity index (χ1n) is 4.26. The predicted molar refractivity (Wildman–Crippen MR) is 46.9 cm³/mol. The third kappa shape index (κ3) is 2.09. The molecular weight excluding hydrogens is 262 g/mol. The maximum absolute atomic E-state index is 13.4. The van der Waals surface area contributed by atoms with Gasteiger partial charge >= 0.3 is 6.18 Å². The lowest BCUT2D eigenvalue weighted by Gasteiger charge is -2.14. The standard InChI is InChI=1S/C10H2F6N2/c1-18-9-5(10(14,15)16)6(11)4(2-3-17)7(12)8(9)13/h2H2. The smallest absolute Gasteiger partial charge is 0.234 e. The van der Waals surface area contributed by atoms with Crippen molar-refractivity contribution in [2.24, 2.45) is 0 Å². The van der Waals surface area contributed by atoms with Gasteiger partial charge < -0.3 is 0 Å². The molecule has 0 unspecified atom stereocenters. The fourth-order valence-corrected chi connectivity index (χ4v) is 1.30. The molecule has 8 heteroatoms. The maximum Gasteiger partial charge on any atom is 0.410 e. The molecule has 0 saturated carbocycles. The summed E-state index contributed by atoms with van der Waals surface area (Å²) in [7, 11) is 0. The molecule has 0 aromatic heterocycles. The minimum absolute atomic E-state index is 1.07. The number of rotatable bonds is 1. The average molecular weight is 264 g/mol. The zero-order chi connectivity index (χ0) is 14.1. The Morgan fingerprint density at radius 3 is 2.06 bits per heavy atom. The van der Waals surface area contributed by atoms with Gasteiger partial charge in [-0.2, -0.15) is 18.4 Å². The van der Waals surface area contributed by atoms with Gasteiger partial charge in [-0.1, -0.05) is 0 Å². The molecule has 0 spiro atoms. The van der Waals surface area contributed by atoms with E-state index in [2.05, 4.69) is 4.85 Å². The maximum atomic E-state index is 13.4. The molecule has 0 aliphatic rings. The SMILES string of the molecule is [C-]#[N+]c1c(F)c(F)c(CC#N)c(F)c1C(F)(F)F. The molecule has 0 atom stereocenters. The number of nitrogens with zero attached hydrogens (tertiary/aromatic N) is 2. The lowest BCUT2D eigenvalue weighted by atomic mass is 10.0. The van der Waals surface area contributed by atoms with Gasteiger partial charge in [0.2, 0.25) is 5.69 Å². The minimum atomic E-state index is -5.36. The number of benzene rings is 1. The Bertz CT molecular complexity index is 576. The van der Waals surface area contributed by atoms with Crippen LogP contribution in [0.2, 0.25) is 0 Å². The van der Waals surface area contributed by atoms with Crippen molar-refractivity contribution in [3.8, 4) is 6.07 Å². The minimum Gasteiger partial charge on any atom is -0.234 e. The molecular formula is C10H2F6N2. The summed E-state index contributed by atoms with van der Waals surface area (Å²) >= 11 is 0. The molecule has 0 saturated heterocycles. The molecule has 0 fully saturated rings. The van der Waals surface area contributed by atoms with E-state index in [1.54, 1.807) is 0 Å². The molecule has 0 heterocycles. The average Bonchev–Trinajstić information content (AvgIpc) is 2.27. The van der Waals surface area contributed by atoms with E-state index in [-0.39, 0.29) is 0 Å². The van der Waals surface area contributed by atoms with Gasteiger partial charge in [0.25, 0.3) is 0 Å². The van der Waals surface area contributed by atoms with Crippen LogP contribution in [-0.2, 0) is 12.6 Å². The van der Waals surface area contributed by atoms with E-state index in [9.17, 15) is 26.3 Å². The molecule has 94 valence electrons. The first-order valence-corrected chi connectivity index (χ1v) is 4.26. The van der Waals surface area contributed by atoms with Crippen LogP contribution >= 0.6 is 0 Å². The van der Waals surface area contributed by atoms with Crippen LogP contribution < -0.4 is 0 Å². The van der Waals surface area contributed by atoms with E-state index in [1.807, 2.05) is 0 Å². The van der Waals surface area contributed by atoms with Gasteiger partial charge in [-0.3, -0.25) is 0 Å².